The van der Waals surface area contributed by atoms with E-state index in [0.717, 1.165) is 24.9 Å². The Labute approximate surface area is 105 Å². The lowest BCUT2D eigenvalue weighted by Gasteiger charge is -2.33. The molecule has 0 saturated heterocycles. The summed E-state index contributed by atoms with van der Waals surface area (Å²) in [6.45, 7) is 8.82. The van der Waals surface area contributed by atoms with Gasteiger partial charge in [0.15, 0.2) is 0 Å². The van der Waals surface area contributed by atoms with Crippen LogP contribution in [0.3, 0.4) is 0 Å². The topological polar surface area (TPSA) is 29.9 Å². The Hall–Kier alpha value is -0.830. The predicted molar refractivity (Wildman–Crippen MR) is 70.7 cm³/mol. The molecule has 0 amide bonds. The number of nitrogens with one attached hydrogen (secondary N) is 1. The lowest BCUT2D eigenvalue weighted by molar-refractivity contribution is 0.225. The number of imidazole rings is 1. The maximum atomic E-state index is 4.41. The second kappa shape index (κ2) is 5.67. The fraction of sp³-hybridized carbons (Fsp3) is 0.786. The molecular weight excluding hydrogens is 210 g/mol. The smallest absolute Gasteiger partial charge is 0.122 e. The molecule has 1 fully saturated rings. The van der Waals surface area contributed by atoms with Gasteiger partial charge in [-0.25, -0.2) is 4.98 Å². The first-order valence-corrected chi connectivity index (χ1v) is 6.94. The number of nitrogens with zero attached hydrogens (tertiary/aromatic N) is 2. The zero-order valence-corrected chi connectivity index (χ0v) is 11.3. The lowest BCUT2D eigenvalue weighted by atomic mass is 9.80. The van der Waals surface area contributed by atoms with Crippen LogP contribution < -0.4 is 5.32 Å². The molecule has 1 heterocycles. The molecule has 0 aromatic carbocycles. The van der Waals surface area contributed by atoms with Gasteiger partial charge in [-0.05, 0) is 38.0 Å². The van der Waals surface area contributed by atoms with Gasteiger partial charge < -0.3 is 9.88 Å². The van der Waals surface area contributed by atoms with Gasteiger partial charge in [0, 0.05) is 25.0 Å². The van der Waals surface area contributed by atoms with Crippen LogP contribution in [-0.2, 0) is 13.1 Å². The first kappa shape index (κ1) is 12.6. The zero-order chi connectivity index (χ0) is 12.3. The number of aromatic nitrogens is 2. The van der Waals surface area contributed by atoms with Crippen molar-refractivity contribution in [2.45, 2.75) is 59.2 Å². The van der Waals surface area contributed by atoms with E-state index in [1.165, 1.54) is 25.1 Å². The van der Waals surface area contributed by atoms with E-state index in [4.69, 9.17) is 0 Å². The summed E-state index contributed by atoms with van der Waals surface area (Å²) in [5, 5.41) is 3.69. The molecule has 3 heteroatoms. The van der Waals surface area contributed by atoms with Crippen LogP contribution in [-0.4, -0.2) is 15.6 Å². The van der Waals surface area contributed by atoms with Gasteiger partial charge in [0.25, 0.3) is 0 Å². The maximum absolute atomic E-state index is 4.41. The molecule has 3 unspecified atom stereocenters. The van der Waals surface area contributed by atoms with Crippen LogP contribution in [0, 0.1) is 11.8 Å². The lowest BCUT2D eigenvalue weighted by Crippen LogP contribution is -2.39. The standard InChI is InChI=1S/C14H25N3/c1-4-17-8-7-15-14(17)10-16-13-6-5-11(2)9-12(13)3/h7-8,11-13,16H,4-6,9-10H2,1-3H3. The van der Waals surface area contributed by atoms with Crippen LogP contribution in [0.15, 0.2) is 12.4 Å². The molecule has 1 aromatic rings. The van der Waals surface area contributed by atoms with E-state index in [2.05, 4.69) is 41.8 Å². The van der Waals surface area contributed by atoms with Gasteiger partial charge in [0.1, 0.15) is 5.82 Å². The first-order chi connectivity index (χ1) is 8.20. The molecule has 1 saturated carbocycles. The van der Waals surface area contributed by atoms with Gasteiger partial charge in [-0.3, -0.25) is 0 Å². The van der Waals surface area contributed by atoms with Gasteiger partial charge in [-0.2, -0.15) is 0 Å². The largest absolute Gasteiger partial charge is 0.334 e. The summed E-state index contributed by atoms with van der Waals surface area (Å²) in [5.74, 6) is 2.86. The molecule has 96 valence electrons. The summed E-state index contributed by atoms with van der Waals surface area (Å²) in [5.41, 5.74) is 0. The van der Waals surface area contributed by atoms with Crippen LogP contribution >= 0.6 is 0 Å². The number of hydrogen-bond acceptors (Lipinski definition) is 2. The Balaban J connectivity index is 1.86. The van der Waals surface area contributed by atoms with Crippen LogP contribution in [0.25, 0.3) is 0 Å². The predicted octanol–water partition coefficient (Wildman–Crippen LogP) is 2.82. The van der Waals surface area contributed by atoms with E-state index >= 15 is 0 Å². The highest BCUT2D eigenvalue weighted by Crippen LogP contribution is 2.28. The third-order valence-electron chi connectivity index (χ3n) is 4.10. The molecule has 3 atom stereocenters. The fourth-order valence-corrected chi connectivity index (χ4v) is 2.99. The maximum Gasteiger partial charge on any atom is 0.122 e. The van der Waals surface area contributed by atoms with Crippen molar-refractivity contribution in [3.63, 3.8) is 0 Å². The van der Waals surface area contributed by atoms with Crippen LogP contribution in [0.2, 0.25) is 0 Å². The van der Waals surface area contributed by atoms with E-state index < -0.39 is 0 Å². The third kappa shape index (κ3) is 3.09. The molecule has 2 rings (SSSR count). The molecule has 1 aliphatic carbocycles. The molecule has 1 N–H and O–H groups in total. The van der Waals surface area contributed by atoms with Crippen molar-refractivity contribution in [3.8, 4) is 0 Å². The minimum absolute atomic E-state index is 0.674. The average Bonchev–Trinajstić information content (AvgIpc) is 2.75. The van der Waals surface area contributed by atoms with Gasteiger partial charge in [-0.1, -0.05) is 13.8 Å². The van der Waals surface area contributed by atoms with Crippen LogP contribution in [0.4, 0.5) is 0 Å². The molecule has 0 radical (unpaired) electrons. The molecule has 3 nitrogen and oxygen atoms in total. The Morgan fingerprint density at radius 1 is 1.41 bits per heavy atom. The highest BCUT2D eigenvalue weighted by Gasteiger charge is 2.24. The molecule has 1 aliphatic rings. The second-order valence-corrected chi connectivity index (χ2v) is 5.51. The van der Waals surface area contributed by atoms with Crippen molar-refractivity contribution < 1.29 is 0 Å². The molecular formula is C14H25N3. The molecule has 0 aliphatic heterocycles. The summed E-state index contributed by atoms with van der Waals surface area (Å²) in [7, 11) is 0. The Kier molecular flexibility index (Phi) is 4.21. The highest BCUT2D eigenvalue weighted by atomic mass is 15.1. The fourth-order valence-electron chi connectivity index (χ4n) is 2.99. The summed E-state index contributed by atoms with van der Waals surface area (Å²) < 4.78 is 2.21. The van der Waals surface area contributed by atoms with Crippen molar-refractivity contribution in [2.24, 2.45) is 11.8 Å². The van der Waals surface area contributed by atoms with Crippen LogP contribution in [0.5, 0.6) is 0 Å². The van der Waals surface area contributed by atoms with Gasteiger partial charge in [0.05, 0.1) is 6.54 Å². The Morgan fingerprint density at radius 3 is 2.94 bits per heavy atom. The third-order valence-corrected chi connectivity index (χ3v) is 4.10. The average molecular weight is 235 g/mol. The Bertz CT molecular complexity index is 345. The first-order valence-electron chi connectivity index (χ1n) is 6.94. The van der Waals surface area contributed by atoms with Gasteiger partial charge in [-0.15, -0.1) is 0 Å². The van der Waals surface area contributed by atoms with E-state index in [9.17, 15) is 0 Å². The number of aryl methyl sites for hydroxylation is 1. The molecule has 0 bridgehead atoms. The van der Waals surface area contributed by atoms with Crippen molar-refractivity contribution >= 4 is 0 Å². The SMILES string of the molecule is CCn1ccnc1CNC1CCC(C)CC1C. The van der Waals surface area contributed by atoms with E-state index in [-0.39, 0.29) is 0 Å². The second-order valence-electron chi connectivity index (χ2n) is 5.51. The highest BCUT2D eigenvalue weighted by molar-refractivity contribution is 4.93. The minimum atomic E-state index is 0.674. The van der Waals surface area contributed by atoms with Crippen molar-refractivity contribution in [1.82, 2.24) is 14.9 Å². The Morgan fingerprint density at radius 2 is 2.24 bits per heavy atom. The van der Waals surface area contributed by atoms with Gasteiger partial charge in [0.2, 0.25) is 0 Å². The van der Waals surface area contributed by atoms with Crippen molar-refractivity contribution in [2.75, 3.05) is 0 Å². The van der Waals surface area contributed by atoms with E-state index in [0.29, 0.717) is 6.04 Å². The summed E-state index contributed by atoms with van der Waals surface area (Å²) in [6, 6.07) is 0.674. The minimum Gasteiger partial charge on any atom is -0.334 e. The molecule has 0 spiro atoms. The number of rotatable bonds is 4. The van der Waals surface area contributed by atoms with Crippen molar-refractivity contribution in [3.05, 3.63) is 18.2 Å². The van der Waals surface area contributed by atoms with E-state index in [1.54, 1.807) is 0 Å². The summed E-state index contributed by atoms with van der Waals surface area (Å²) in [6.07, 6.45) is 8.00. The van der Waals surface area contributed by atoms with Crippen molar-refractivity contribution in [1.29, 1.82) is 0 Å². The van der Waals surface area contributed by atoms with Crippen LogP contribution in [0.1, 0.15) is 45.9 Å². The molecule has 1 aromatic heterocycles. The summed E-state index contributed by atoms with van der Waals surface area (Å²) >= 11 is 0. The molecule has 17 heavy (non-hydrogen) atoms. The summed E-state index contributed by atoms with van der Waals surface area (Å²) in [4.78, 5) is 4.41. The van der Waals surface area contributed by atoms with E-state index in [1.807, 2.05) is 6.20 Å². The monoisotopic (exact) mass is 235 g/mol. The number of hydrogen-bond donors (Lipinski definition) is 1. The van der Waals surface area contributed by atoms with Gasteiger partial charge >= 0.3 is 0 Å². The normalized spacial score (nSPS) is 29.5. The zero-order valence-electron chi connectivity index (χ0n) is 11.3. The quantitative estimate of drug-likeness (QED) is 0.869.